The number of carbonyl (C=O) groups excluding carboxylic acids is 1. The van der Waals surface area contributed by atoms with E-state index in [0.717, 1.165) is 5.56 Å². The van der Waals surface area contributed by atoms with Crippen LogP contribution in [-0.4, -0.2) is 34.1 Å². The molecule has 8 heteroatoms. The lowest BCUT2D eigenvalue weighted by Gasteiger charge is -2.10. The molecule has 2 aromatic rings. The van der Waals surface area contributed by atoms with E-state index in [1.165, 1.54) is 24.3 Å². The third-order valence-corrected chi connectivity index (χ3v) is 5.39. The van der Waals surface area contributed by atoms with E-state index in [1.807, 2.05) is 31.2 Å². The second kappa shape index (κ2) is 9.55. The summed E-state index contributed by atoms with van der Waals surface area (Å²) in [5.41, 5.74) is 1.19. The zero-order valence-corrected chi connectivity index (χ0v) is 16.3. The summed E-state index contributed by atoms with van der Waals surface area (Å²) in [5.74, 6) is 0.00385. The summed E-state index contributed by atoms with van der Waals surface area (Å²) >= 11 is 5.95. The summed E-state index contributed by atoms with van der Waals surface area (Å²) in [4.78, 5) is 12.0. The van der Waals surface area contributed by atoms with Crippen molar-refractivity contribution in [3.05, 3.63) is 71.3 Å². The van der Waals surface area contributed by atoms with Gasteiger partial charge in [0.25, 0.3) is 0 Å². The highest BCUT2D eigenvalue weighted by Gasteiger charge is 2.20. The molecule has 0 heterocycles. The zero-order valence-electron chi connectivity index (χ0n) is 14.8. The van der Waals surface area contributed by atoms with Crippen molar-refractivity contribution in [1.29, 1.82) is 0 Å². The molecule has 0 saturated carbocycles. The van der Waals surface area contributed by atoms with Crippen LogP contribution >= 0.6 is 11.6 Å². The van der Waals surface area contributed by atoms with Gasteiger partial charge >= 0.3 is 5.97 Å². The number of ether oxygens (including phenoxy) is 2. The van der Waals surface area contributed by atoms with Crippen LogP contribution in [-0.2, 0) is 14.8 Å². The van der Waals surface area contributed by atoms with E-state index in [0.29, 0.717) is 5.75 Å². The molecule has 0 radical (unpaired) electrons. The second-order valence-corrected chi connectivity index (χ2v) is 7.73. The van der Waals surface area contributed by atoms with Gasteiger partial charge in [0, 0.05) is 6.54 Å². The molecule has 0 fully saturated rings. The van der Waals surface area contributed by atoms with Gasteiger partial charge in [0.2, 0.25) is 10.0 Å². The summed E-state index contributed by atoms with van der Waals surface area (Å²) < 4.78 is 37.3. The van der Waals surface area contributed by atoms with Gasteiger partial charge in [0.05, 0.1) is 10.6 Å². The van der Waals surface area contributed by atoms with Crippen molar-refractivity contribution in [1.82, 2.24) is 4.72 Å². The molecule has 0 spiro atoms. The van der Waals surface area contributed by atoms with Crippen LogP contribution < -0.4 is 9.46 Å². The third kappa shape index (κ3) is 6.09. The normalized spacial score (nSPS) is 11.0. The maximum absolute atomic E-state index is 12.2. The van der Waals surface area contributed by atoms with Crippen LogP contribution in [0.4, 0.5) is 0 Å². The SMILES string of the molecule is C=CCNS(=O)(=O)c1cc(C(=O)OCCOc2ccc(C)cc2)ccc1Cl. The van der Waals surface area contributed by atoms with E-state index in [-0.39, 0.29) is 35.2 Å². The molecule has 0 amide bonds. The first-order chi connectivity index (χ1) is 12.8. The maximum atomic E-state index is 12.2. The lowest BCUT2D eigenvalue weighted by Crippen LogP contribution is -2.24. The Balaban J connectivity index is 1.97. The van der Waals surface area contributed by atoms with E-state index < -0.39 is 16.0 Å². The molecule has 6 nitrogen and oxygen atoms in total. The van der Waals surface area contributed by atoms with Gasteiger partial charge in [0.15, 0.2) is 0 Å². The van der Waals surface area contributed by atoms with E-state index in [9.17, 15) is 13.2 Å². The van der Waals surface area contributed by atoms with Crippen molar-refractivity contribution < 1.29 is 22.7 Å². The number of halogens is 1. The summed E-state index contributed by atoms with van der Waals surface area (Å²) in [5, 5.41) is 0.00539. The molecule has 0 aliphatic heterocycles. The fraction of sp³-hybridized carbons (Fsp3) is 0.211. The fourth-order valence-corrected chi connectivity index (χ4v) is 3.62. The molecule has 2 aromatic carbocycles. The van der Waals surface area contributed by atoms with E-state index in [1.54, 1.807) is 0 Å². The molecular weight excluding hydrogens is 390 g/mol. The van der Waals surface area contributed by atoms with Gasteiger partial charge in [-0.1, -0.05) is 35.4 Å². The van der Waals surface area contributed by atoms with E-state index in [4.69, 9.17) is 21.1 Å². The Kier molecular flexibility index (Phi) is 7.41. The first-order valence-corrected chi connectivity index (χ1v) is 9.96. The van der Waals surface area contributed by atoms with Gasteiger partial charge in [0.1, 0.15) is 23.9 Å². The Morgan fingerprint density at radius 1 is 1.19 bits per heavy atom. The molecule has 0 aliphatic carbocycles. The van der Waals surface area contributed by atoms with Gasteiger partial charge in [-0.3, -0.25) is 0 Å². The number of benzene rings is 2. The number of sulfonamides is 1. The third-order valence-electron chi connectivity index (χ3n) is 3.48. The molecule has 0 bridgehead atoms. The molecular formula is C19H20ClNO5S. The first kappa shape index (κ1) is 21.0. The van der Waals surface area contributed by atoms with Crippen molar-refractivity contribution in [2.45, 2.75) is 11.8 Å². The van der Waals surface area contributed by atoms with Crippen molar-refractivity contribution in [2.75, 3.05) is 19.8 Å². The second-order valence-electron chi connectivity index (χ2n) is 5.58. The quantitative estimate of drug-likeness (QED) is 0.390. The maximum Gasteiger partial charge on any atom is 0.338 e. The number of hydrogen-bond donors (Lipinski definition) is 1. The van der Waals surface area contributed by atoms with Crippen LogP contribution in [0.25, 0.3) is 0 Å². The number of esters is 1. The Labute approximate surface area is 163 Å². The van der Waals surface area contributed by atoms with E-state index in [2.05, 4.69) is 11.3 Å². The molecule has 144 valence electrons. The summed E-state index contributed by atoms with van der Waals surface area (Å²) in [6.07, 6.45) is 1.40. The topological polar surface area (TPSA) is 81.7 Å². The van der Waals surface area contributed by atoms with Crippen LogP contribution in [0, 0.1) is 6.92 Å². The number of hydrogen-bond acceptors (Lipinski definition) is 5. The highest BCUT2D eigenvalue weighted by atomic mass is 35.5. The Bertz CT molecular complexity index is 910. The molecule has 0 aliphatic rings. The van der Waals surface area contributed by atoms with Gasteiger partial charge in [-0.2, -0.15) is 0 Å². The molecule has 0 atom stereocenters. The molecule has 0 aromatic heterocycles. The van der Waals surface area contributed by atoms with Crippen LogP contribution in [0.3, 0.4) is 0 Å². The number of carbonyl (C=O) groups is 1. The predicted molar refractivity (Wildman–Crippen MR) is 104 cm³/mol. The fourth-order valence-electron chi connectivity index (χ4n) is 2.09. The largest absolute Gasteiger partial charge is 0.490 e. The minimum atomic E-state index is -3.86. The standard InChI is InChI=1S/C19H20ClNO5S/c1-3-10-21-27(23,24)18-13-15(6-9-17(18)20)19(22)26-12-11-25-16-7-4-14(2)5-8-16/h3-9,13,21H,1,10-12H2,2H3. The van der Waals surface area contributed by atoms with Gasteiger partial charge < -0.3 is 9.47 Å². The summed E-state index contributed by atoms with van der Waals surface area (Å²) in [7, 11) is -3.86. The first-order valence-electron chi connectivity index (χ1n) is 8.10. The Hall–Kier alpha value is -2.35. The number of nitrogens with one attached hydrogen (secondary N) is 1. The number of rotatable bonds is 9. The van der Waals surface area contributed by atoms with Crippen molar-refractivity contribution in [3.8, 4) is 5.75 Å². The minimum absolute atomic E-state index is 0.00539. The molecule has 0 unspecified atom stereocenters. The van der Waals surface area contributed by atoms with Gasteiger partial charge in [-0.25, -0.2) is 17.9 Å². The zero-order chi connectivity index (χ0) is 19.9. The summed E-state index contributed by atoms with van der Waals surface area (Å²) in [6, 6.07) is 11.4. The molecule has 0 saturated heterocycles. The minimum Gasteiger partial charge on any atom is -0.490 e. The lowest BCUT2D eigenvalue weighted by molar-refractivity contribution is 0.0450. The number of aryl methyl sites for hydroxylation is 1. The molecule has 2 rings (SSSR count). The highest BCUT2D eigenvalue weighted by molar-refractivity contribution is 7.89. The van der Waals surface area contributed by atoms with Crippen molar-refractivity contribution in [3.63, 3.8) is 0 Å². The van der Waals surface area contributed by atoms with Gasteiger partial charge in [-0.15, -0.1) is 6.58 Å². The Morgan fingerprint density at radius 3 is 2.56 bits per heavy atom. The molecule has 27 heavy (non-hydrogen) atoms. The monoisotopic (exact) mass is 409 g/mol. The van der Waals surface area contributed by atoms with Gasteiger partial charge in [-0.05, 0) is 37.3 Å². The van der Waals surface area contributed by atoms with Crippen molar-refractivity contribution >= 4 is 27.6 Å². The van der Waals surface area contributed by atoms with Crippen LogP contribution in [0.15, 0.2) is 60.0 Å². The lowest BCUT2D eigenvalue weighted by atomic mass is 10.2. The highest BCUT2D eigenvalue weighted by Crippen LogP contribution is 2.23. The van der Waals surface area contributed by atoms with Crippen LogP contribution in [0.2, 0.25) is 5.02 Å². The smallest absolute Gasteiger partial charge is 0.338 e. The van der Waals surface area contributed by atoms with E-state index >= 15 is 0 Å². The average molecular weight is 410 g/mol. The Morgan fingerprint density at radius 2 is 1.89 bits per heavy atom. The average Bonchev–Trinajstić information content (AvgIpc) is 2.65. The predicted octanol–water partition coefficient (Wildman–Crippen LogP) is 3.35. The van der Waals surface area contributed by atoms with Crippen molar-refractivity contribution in [2.24, 2.45) is 0 Å². The van der Waals surface area contributed by atoms with Crippen LogP contribution in [0.5, 0.6) is 5.75 Å². The molecule has 1 N–H and O–H groups in total. The summed E-state index contributed by atoms with van der Waals surface area (Å²) in [6.45, 7) is 5.66. The van der Waals surface area contributed by atoms with Crippen LogP contribution in [0.1, 0.15) is 15.9 Å².